The van der Waals surface area contributed by atoms with Gasteiger partial charge in [0.05, 0.1) is 25.4 Å². The highest BCUT2D eigenvalue weighted by molar-refractivity contribution is 5.56. The molecule has 0 bridgehead atoms. The highest BCUT2D eigenvalue weighted by Crippen LogP contribution is 2.08. The highest BCUT2D eigenvalue weighted by atomic mass is 16.7. The number of rotatable bonds is 11. The topological polar surface area (TPSA) is 74.2 Å². The maximum Gasteiger partial charge on any atom is 0.505 e. The molecule has 0 rings (SSSR count). The number of ether oxygens (including phenoxy) is 4. The molecule has 108 valence electrons. The molecule has 0 saturated heterocycles. The summed E-state index contributed by atoms with van der Waals surface area (Å²) >= 11 is 0. The van der Waals surface area contributed by atoms with E-state index >= 15 is 0 Å². The zero-order chi connectivity index (χ0) is 13.8. The lowest BCUT2D eigenvalue weighted by Crippen LogP contribution is -2.25. The van der Waals surface area contributed by atoms with Crippen molar-refractivity contribution in [2.75, 3.05) is 34.0 Å². The molecule has 18 heavy (non-hydrogen) atoms. The Morgan fingerprint density at radius 1 is 1.17 bits per heavy atom. The molecule has 0 spiro atoms. The summed E-state index contributed by atoms with van der Waals surface area (Å²) in [5.41, 5.74) is 0. The molecule has 0 aliphatic rings. The van der Waals surface area contributed by atoms with Crippen LogP contribution in [0.3, 0.4) is 0 Å². The molecule has 6 heteroatoms. The van der Waals surface area contributed by atoms with E-state index in [1.54, 1.807) is 14.2 Å². The van der Waals surface area contributed by atoms with Crippen LogP contribution in [0, 0.1) is 0 Å². The Morgan fingerprint density at radius 2 is 1.83 bits per heavy atom. The van der Waals surface area contributed by atoms with Crippen LogP contribution in [0.1, 0.15) is 26.2 Å². The van der Waals surface area contributed by atoms with E-state index in [9.17, 15) is 4.79 Å². The Bertz CT molecular complexity index is 205. The van der Waals surface area contributed by atoms with Crippen LogP contribution >= 0.6 is 0 Å². The molecular formula is C12H24O6. The molecule has 2 unspecified atom stereocenters. The minimum Gasteiger partial charge on any atom is -0.450 e. The highest BCUT2D eigenvalue weighted by Gasteiger charge is 2.13. The molecule has 0 aliphatic heterocycles. The van der Waals surface area contributed by atoms with E-state index in [1.807, 2.05) is 6.92 Å². The van der Waals surface area contributed by atoms with Crippen molar-refractivity contribution in [3.8, 4) is 0 Å². The summed E-state index contributed by atoms with van der Waals surface area (Å²) in [4.78, 5) is 10.2. The minimum atomic E-state index is -1.26. The van der Waals surface area contributed by atoms with Gasteiger partial charge in [0.1, 0.15) is 0 Å². The van der Waals surface area contributed by atoms with E-state index in [4.69, 9.17) is 19.3 Å². The molecule has 0 aromatic carbocycles. The third-order valence-corrected chi connectivity index (χ3v) is 2.62. The standard InChI is InChI=1S/C12H24O6/c1-4-10(16-3)9-18-11(5-7-15-2)6-8-17-12(13)14/h10-11H,4-9H2,1-3H3,(H,13,14). The molecule has 0 heterocycles. The van der Waals surface area contributed by atoms with Crippen molar-refractivity contribution >= 4 is 6.16 Å². The lowest BCUT2D eigenvalue weighted by molar-refractivity contribution is -0.0456. The van der Waals surface area contributed by atoms with E-state index in [-0.39, 0.29) is 18.8 Å². The summed E-state index contributed by atoms with van der Waals surface area (Å²) in [6.45, 7) is 3.22. The quantitative estimate of drug-likeness (QED) is 0.575. The molecule has 1 N–H and O–H groups in total. The van der Waals surface area contributed by atoms with E-state index in [2.05, 4.69) is 4.74 Å². The van der Waals surface area contributed by atoms with Crippen molar-refractivity contribution in [2.24, 2.45) is 0 Å². The Kier molecular flexibility index (Phi) is 10.7. The van der Waals surface area contributed by atoms with Gasteiger partial charge in [-0.15, -0.1) is 0 Å². The average Bonchev–Trinajstić information content (AvgIpc) is 2.35. The van der Waals surface area contributed by atoms with Crippen LogP contribution in [-0.4, -0.2) is 57.5 Å². The predicted octanol–water partition coefficient (Wildman–Crippen LogP) is 1.92. The SMILES string of the molecule is CCC(COC(CCOC)CCOC(=O)O)OC. The second kappa shape index (κ2) is 11.3. The summed E-state index contributed by atoms with van der Waals surface area (Å²) in [5.74, 6) is 0. The Labute approximate surface area is 108 Å². The van der Waals surface area contributed by atoms with Crippen LogP contribution in [0.5, 0.6) is 0 Å². The summed E-state index contributed by atoms with van der Waals surface area (Å²) in [5, 5.41) is 8.39. The van der Waals surface area contributed by atoms with Gasteiger partial charge in [0.2, 0.25) is 0 Å². The van der Waals surface area contributed by atoms with Gasteiger partial charge in [-0.2, -0.15) is 0 Å². The first-order valence-electron chi connectivity index (χ1n) is 6.13. The van der Waals surface area contributed by atoms with E-state index in [0.717, 1.165) is 6.42 Å². The smallest absolute Gasteiger partial charge is 0.450 e. The van der Waals surface area contributed by atoms with Gasteiger partial charge in [0, 0.05) is 27.2 Å². The summed E-state index contributed by atoms with van der Waals surface area (Å²) in [7, 11) is 3.27. The Morgan fingerprint density at radius 3 is 2.33 bits per heavy atom. The van der Waals surface area contributed by atoms with Crippen LogP contribution in [0.2, 0.25) is 0 Å². The summed E-state index contributed by atoms with van der Waals surface area (Å²) in [6, 6.07) is 0. The number of carboxylic acid groups (broad SMARTS) is 1. The minimum absolute atomic E-state index is 0.0652. The largest absolute Gasteiger partial charge is 0.505 e. The second-order valence-electron chi connectivity index (χ2n) is 3.91. The molecular weight excluding hydrogens is 240 g/mol. The van der Waals surface area contributed by atoms with Gasteiger partial charge in [-0.25, -0.2) is 4.79 Å². The fourth-order valence-electron chi connectivity index (χ4n) is 1.43. The van der Waals surface area contributed by atoms with Crippen molar-refractivity contribution in [2.45, 2.75) is 38.4 Å². The first-order valence-corrected chi connectivity index (χ1v) is 6.13. The van der Waals surface area contributed by atoms with Crippen LogP contribution in [0.25, 0.3) is 0 Å². The van der Waals surface area contributed by atoms with Crippen LogP contribution in [-0.2, 0) is 18.9 Å². The van der Waals surface area contributed by atoms with Crippen LogP contribution in [0.4, 0.5) is 4.79 Å². The molecule has 6 nitrogen and oxygen atoms in total. The number of methoxy groups -OCH3 is 2. The number of hydrogen-bond donors (Lipinski definition) is 1. The first-order chi connectivity index (χ1) is 8.63. The van der Waals surface area contributed by atoms with E-state index in [0.29, 0.717) is 26.1 Å². The first kappa shape index (κ1) is 17.2. The summed E-state index contributed by atoms with van der Waals surface area (Å²) < 4.78 is 20.4. The maximum atomic E-state index is 10.2. The fraction of sp³-hybridized carbons (Fsp3) is 0.917. The lowest BCUT2D eigenvalue weighted by Gasteiger charge is -2.20. The molecule has 0 fully saturated rings. The van der Waals surface area contributed by atoms with E-state index < -0.39 is 6.16 Å². The van der Waals surface area contributed by atoms with Gasteiger partial charge in [-0.1, -0.05) is 6.92 Å². The number of hydrogen-bond acceptors (Lipinski definition) is 5. The zero-order valence-corrected chi connectivity index (χ0v) is 11.4. The Hall–Kier alpha value is -0.850. The second-order valence-corrected chi connectivity index (χ2v) is 3.91. The van der Waals surface area contributed by atoms with Crippen molar-refractivity contribution < 1.29 is 28.8 Å². The number of carbonyl (C=O) groups is 1. The molecule has 0 aliphatic carbocycles. The van der Waals surface area contributed by atoms with Gasteiger partial charge in [0.25, 0.3) is 0 Å². The van der Waals surface area contributed by atoms with Crippen LogP contribution in [0.15, 0.2) is 0 Å². The van der Waals surface area contributed by atoms with Crippen molar-refractivity contribution in [1.82, 2.24) is 0 Å². The fourth-order valence-corrected chi connectivity index (χ4v) is 1.43. The van der Waals surface area contributed by atoms with Crippen molar-refractivity contribution in [1.29, 1.82) is 0 Å². The third kappa shape index (κ3) is 9.21. The lowest BCUT2D eigenvalue weighted by atomic mass is 10.2. The molecule has 0 saturated carbocycles. The third-order valence-electron chi connectivity index (χ3n) is 2.62. The Balaban J connectivity index is 3.92. The molecule has 0 amide bonds. The van der Waals surface area contributed by atoms with Crippen LogP contribution < -0.4 is 0 Å². The van der Waals surface area contributed by atoms with Gasteiger partial charge in [-0.05, 0) is 12.8 Å². The van der Waals surface area contributed by atoms with Gasteiger partial charge < -0.3 is 24.1 Å². The summed E-state index contributed by atoms with van der Waals surface area (Å²) in [6.07, 6.45) is 0.835. The van der Waals surface area contributed by atoms with Crippen molar-refractivity contribution in [3.63, 3.8) is 0 Å². The van der Waals surface area contributed by atoms with Crippen molar-refractivity contribution in [3.05, 3.63) is 0 Å². The molecule has 0 aromatic heterocycles. The molecule has 0 radical (unpaired) electrons. The monoisotopic (exact) mass is 264 g/mol. The normalized spacial score (nSPS) is 14.2. The van der Waals surface area contributed by atoms with Gasteiger partial charge in [-0.3, -0.25) is 0 Å². The average molecular weight is 264 g/mol. The van der Waals surface area contributed by atoms with E-state index in [1.165, 1.54) is 0 Å². The maximum absolute atomic E-state index is 10.2. The molecule has 0 aromatic rings. The van der Waals surface area contributed by atoms with Gasteiger partial charge in [0.15, 0.2) is 0 Å². The molecule has 2 atom stereocenters. The van der Waals surface area contributed by atoms with Gasteiger partial charge >= 0.3 is 6.16 Å². The predicted molar refractivity (Wildman–Crippen MR) is 65.9 cm³/mol. The zero-order valence-electron chi connectivity index (χ0n) is 11.4.